The van der Waals surface area contributed by atoms with E-state index in [2.05, 4.69) is 15.3 Å². The number of nitrogens with zero attached hydrogens (tertiary/aromatic N) is 3. The maximum atomic E-state index is 12.0. The Bertz CT molecular complexity index is 448. The lowest BCUT2D eigenvalue weighted by molar-refractivity contribution is -0.123. The Morgan fingerprint density at radius 2 is 2.26 bits per heavy atom. The minimum atomic E-state index is 0.161. The van der Waals surface area contributed by atoms with Crippen LogP contribution in [0.1, 0.15) is 25.0 Å². The molecule has 1 aromatic heterocycles. The van der Waals surface area contributed by atoms with Crippen molar-refractivity contribution in [3.63, 3.8) is 0 Å². The third kappa shape index (κ3) is 2.81. The van der Waals surface area contributed by atoms with Gasteiger partial charge in [0, 0.05) is 37.4 Å². The Morgan fingerprint density at radius 1 is 1.47 bits per heavy atom. The number of aromatic nitrogens is 2. The molecule has 0 spiro atoms. The molecule has 5 nitrogen and oxygen atoms in total. The number of piperidine rings is 3. The van der Waals surface area contributed by atoms with Crippen LogP contribution in [0.15, 0.2) is 12.3 Å². The van der Waals surface area contributed by atoms with Gasteiger partial charge in [-0.25, -0.2) is 0 Å². The number of hydrogen-bond donors (Lipinski definition) is 1. The Morgan fingerprint density at radius 3 is 2.84 bits per heavy atom. The molecule has 2 bridgehead atoms. The second kappa shape index (κ2) is 5.33. The van der Waals surface area contributed by atoms with Crippen LogP contribution in [0.4, 0.5) is 0 Å². The SMILES string of the molecule is Cc1ccnn1CCC(=O)NC1CN2CCC1CC2. The van der Waals surface area contributed by atoms with Crippen molar-refractivity contribution in [2.75, 3.05) is 19.6 Å². The summed E-state index contributed by atoms with van der Waals surface area (Å²) in [5.74, 6) is 0.856. The van der Waals surface area contributed by atoms with Crippen LogP contribution in [0, 0.1) is 12.8 Å². The van der Waals surface area contributed by atoms with Crippen LogP contribution in [-0.4, -0.2) is 46.3 Å². The van der Waals surface area contributed by atoms with Crippen LogP contribution in [0.5, 0.6) is 0 Å². The number of amides is 1. The van der Waals surface area contributed by atoms with Crippen molar-refractivity contribution in [1.82, 2.24) is 20.0 Å². The smallest absolute Gasteiger partial charge is 0.222 e. The van der Waals surface area contributed by atoms with Crippen LogP contribution in [0.25, 0.3) is 0 Å². The van der Waals surface area contributed by atoms with Crippen molar-refractivity contribution in [3.8, 4) is 0 Å². The molecule has 104 valence electrons. The number of nitrogens with one attached hydrogen (secondary N) is 1. The highest BCUT2D eigenvalue weighted by atomic mass is 16.1. The third-order valence-corrected chi connectivity index (χ3v) is 4.48. The fourth-order valence-corrected chi connectivity index (χ4v) is 3.25. The highest BCUT2D eigenvalue weighted by molar-refractivity contribution is 5.76. The van der Waals surface area contributed by atoms with E-state index in [-0.39, 0.29) is 5.91 Å². The monoisotopic (exact) mass is 262 g/mol. The maximum Gasteiger partial charge on any atom is 0.222 e. The molecular weight excluding hydrogens is 240 g/mol. The van der Waals surface area contributed by atoms with Gasteiger partial charge in [-0.05, 0) is 44.8 Å². The van der Waals surface area contributed by atoms with E-state index in [1.165, 1.54) is 25.9 Å². The topological polar surface area (TPSA) is 50.2 Å². The van der Waals surface area contributed by atoms with Crippen LogP contribution in [0.2, 0.25) is 0 Å². The molecule has 1 atom stereocenters. The first-order chi connectivity index (χ1) is 9.22. The number of aryl methyl sites for hydroxylation is 2. The minimum Gasteiger partial charge on any atom is -0.352 e. The first kappa shape index (κ1) is 12.7. The Labute approximate surface area is 114 Å². The van der Waals surface area contributed by atoms with E-state index in [1.807, 2.05) is 17.7 Å². The Balaban J connectivity index is 1.48. The van der Waals surface area contributed by atoms with E-state index in [0.29, 0.717) is 24.9 Å². The van der Waals surface area contributed by atoms with Gasteiger partial charge in [-0.15, -0.1) is 0 Å². The van der Waals surface area contributed by atoms with Gasteiger partial charge in [-0.2, -0.15) is 5.10 Å². The summed E-state index contributed by atoms with van der Waals surface area (Å²) < 4.78 is 1.89. The number of carbonyl (C=O) groups is 1. The summed E-state index contributed by atoms with van der Waals surface area (Å²) in [7, 11) is 0. The molecular formula is C14H22N4O. The van der Waals surface area contributed by atoms with Crippen molar-refractivity contribution < 1.29 is 4.79 Å². The fourth-order valence-electron chi connectivity index (χ4n) is 3.25. The Hall–Kier alpha value is -1.36. The molecule has 3 aliphatic heterocycles. The van der Waals surface area contributed by atoms with Crippen LogP contribution in [0.3, 0.4) is 0 Å². The van der Waals surface area contributed by atoms with Gasteiger partial charge in [0.05, 0.1) is 0 Å². The molecule has 1 unspecified atom stereocenters. The molecule has 3 aliphatic rings. The third-order valence-electron chi connectivity index (χ3n) is 4.48. The summed E-state index contributed by atoms with van der Waals surface area (Å²) in [6.07, 6.45) is 4.78. The molecule has 0 radical (unpaired) electrons. The van der Waals surface area contributed by atoms with Crippen molar-refractivity contribution >= 4 is 5.91 Å². The maximum absolute atomic E-state index is 12.0. The molecule has 5 heteroatoms. The molecule has 4 heterocycles. The zero-order valence-electron chi connectivity index (χ0n) is 11.5. The summed E-state index contributed by atoms with van der Waals surface area (Å²) in [4.78, 5) is 14.5. The average molecular weight is 262 g/mol. The van der Waals surface area contributed by atoms with Crippen LogP contribution >= 0.6 is 0 Å². The minimum absolute atomic E-state index is 0.161. The lowest BCUT2D eigenvalue weighted by Gasteiger charge is -2.44. The number of carbonyl (C=O) groups excluding carboxylic acids is 1. The fraction of sp³-hybridized carbons (Fsp3) is 0.714. The first-order valence-corrected chi connectivity index (χ1v) is 7.22. The molecule has 4 rings (SSSR count). The van der Waals surface area contributed by atoms with E-state index < -0.39 is 0 Å². The van der Waals surface area contributed by atoms with E-state index in [1.54, 1.807) is 6.20 Å². The number of rotatable bonds is 4. The lowest BCUT2D eigenvalue weighted by atomic mass is 9.84. The van der Waals surface area contributed by atoms with Crippen molar-refractivity contribution in [1.29, 1.82) is 0 Å². The molecule has 3 saturated heterocycles. The van der Waals surface area contributed by atoms with Crippen LogP contribution in [-0.2, 0) is 11.3 Å². The predicted octanol–water partition coefficient (Wildman–Crippen LogP) is 0.792. The number of fused-ring (bicyclic) bond motifs is 3. The van der Waals surface area contributed by atoms with E-state index in [4.69, 9.17) is 0 Å². The molecule has 1 amide bonds. The Kier molecular flexibility index (Phi) is 3.55. The van der Waals surface area contributed by atoms with Crippen molar-refractivity contribution in [2.24, 2.45) is 5.92 Å². The number of hydrogen-bond acceptors (Lipinski definition) is 3. The zero-order valence-corrected chi connectivity index (χ0v) is 11.5. The van der Waals surface area contributed by atoms with Gasteiger partial charge in [0.15, 0.2) is 0 Å². The average Bonchev–Trinajstić information content (AvgIpc) is 2.83. The quantitative estimate of drug-likeness (QED) is 0.873. The normalized spacial score (nSPS) is 29.4. The van der Waals surface area contributed by atoms with Gasteiger partial charge in [0.25, 0.3) is 0 Å². The van der Waals surface area contributed by atoms with Gasteiger partial charge < -0.3 is 10.2 Å². The molecule has 1 N–H and O–H groups in total. The molecule has 1 aromatic rings. The predicted molar refractivity (Wildman–Crippen MR) is 72.7 cm³/mol. The van der Waals surface area contributed by atoms with Gasteiger partial charge >= 0.3 is 0 Å². The first-order valence-electron chi connectivity index (χ1n) is 7.22. The van der Waals surface area contributed by atoms with Crippen molar-refractivity contribution in [3.05, 3.63) is 18.0 Å². The summed E-state index contributed by atoms with van der Waals surface area (Å²) in [5.41, 5.74) is 1.11. The summed E-state index contributed by atoms with van der Waals surface area (Å²) in [5, 5.41) is 7.41. The lowest BCUT2D eigenvalue weighted by Crippen LogP contribution is -2.57. The van der Waals surface area contributed by atoms with Gasteiger partial charge in [0.2, 0.25) is 5.91 Å². The second-order valence-corrected chi connectivity index (χ2v) is 5.76. The molecule has 3 fully saturated rings. The molecule has 0 saturated carbocycles. The largest absolute Gasteiger partial charge is 0.352 e. The summed E-state index contributed by atoms with van der Waals surface area (Å²) in [6, 6.07) is 2.33. The van der Waals surface area contributed by atoms with E-state index in [0.717, 1.165) is 12.2 Å². The van der Waals surface area contributed by atoms with Crippen LogP contribution < -0.4 is 5.32 Å². The van der Waals surface area contributed by atoms with Gasteiger partial charge in [0.1, 0.15) is 0 Å². The highest BCUT2D eigenvalue weighted by Gasteiger charge is 2.34. The van der Waals surface area contributed by atoms with Crippen molar-refractivity contribution in [2.45, 2.75) is 38.8 Å². The molecule has 19 heavy (non-hydrogen) atoms. The molecule has 0 aromatic carbocycles. The standard InChI is InChI=1S/C14H22N4O/c1-11-2-6-15-18(11)9-5-14(19)16-13-10-17-7-3-12(13)4-8-17/h2,6,12-13H,3-5,7-10H2,1H3,(H,16,19). The van der Waals surface area contributed by atoms with E-state index >= 15 is 0 Å². The van der Waals surface area contributed by atoms with Gasteiger partial charge in [-0.1, -0.05) is 0 Å². The molecule has 0 aliphatic carbocycles. The van der Waals surface area contributed by atoms with Gasteiger partial charge in [-0.3, -0.25) is 9.48 Å². The highest BCUT2D eigenvalue weighted by Crippen LogP contribution is 2.27. The summed E-state index contributed by atoms with van der Waals surface area (Å²) in [6.45, 7) is 6.15. The zero-order chi connectivity index (χ0) is 13.2. The van der Waals surface area contributed by atoms with E-state index in [9.17, 15) is 4.79 Å². The summed E-state index contributed by atoms with van der Waals surface area (Å²) >= 11 is 0. The second-order valence-electron chi connectivity index (χ2n) is 5.76.